The van der Waals surface area contributed by atoms with E-state index in [0.29, 0.717) is 39.4 Å². The molecule has 0 aliphatic heterocycles. The van der Waals surface area contributed by atoms with Crippen LogP contribution in [-0.4, -0.2) is 69.2 Å². The Morgan fingerprint density at radius 2 is 1.05 bits per heavy atom. The van der Waals surface area contributed by atoms with Gasteiger partial charge in [0.05, 0.1) is 26.4 Å². The lowest BCUT2D eigenvalue weighted by atomic mass is 10.0. The van der Waals surface area contributed by atoms with Gasteiger partial charge in [-0.2, -0.15) is 0 Å². The highest BCUT2D eigenvalue weighted by Gasteiger charge is 2.19. The number of esters is 1. The molecule has 0 aromatic carbocycles. The van der Waals surface area contributed by atoms with Crippen LogP contribution in [0.1, 0.15) is 130 Å². The molecule has 0 unspecified atom stereocenters. The first-order chi connectivity index (χ1) is 17.8. The molecule has 0 rings (SSSR count). The normalized spacial score (nSPS) is 11.5. The number of carbonyl (C=O) groups is 2. The molecule has 0 heterocycles. The minimum atomic E-state index is -0.505. The molecule has 0 atom stereocenters. The van der Waals surface area contributed by atoms with E-state index in [1.54, 1.807) is 7.05 Å². The first-order valence-corrected chi connectivity index (χ1v) is 15.0. The van der Waals surface area contributed by atoms with Gasteiger partial charge in [0.25, 0.3) is 0 Å². The molecular weight excluding hydrogens is 470 g/mol. The molecule has 0 aliphatic carbocycles. The van der Waals surface area contributed by atoms with E-state index in [4.69, 9.17) is 18.9 Å². The van der Waals surface area contributed by atoms with Crippen molar-refractivity contribution >= 4 is 12.1 Å². The Morgan fingerprint density at radius 3 is 1.54 bits per heavy atom. The Labute approximate surface area is 228 Å². The molecule has 0 aliphatic rings. The summed E-state index contributed by atoms with van der Waals surface area (Å²) < 4.78 is 21.4. The van der Waals surface area contributed by atoms with Gasteiger partial charge in [-0.15, -0.1) is 0 Å². The second kappa shape index (κ2) is 25.0. The molecule has 0 saturated carbocycles. The molecular formula is C30H59NO6. The van der Waals surface area contributed by atoms with Gasteiger partial charge in [-0.1, -0.05) is 96.8 Å². The van der Waals surface area contributed by atoms with Crippen molar-refractivity contribution in [3.8, 4) is 0 Å². The van der Waals surface area contributed by atoms with Gasteiger partial charge >= 0.3 is 12.1 Å². The lowest BCUT2D eigenvalue weighted by Crippen LogP contribution is -2.36. The van der Waals surface area contributed by atoms with Crippen molar-refractivity contribution in [2.45, 2.75) is 136 Å². The molecule has 7 heteroatoms. The van der Waals surface area contributed by atoms with Gasteiger partial charge in [0.15, 0.2) is 0 Å². The summed E-state index contributed by atoms with van der Waals surface area (Å²) in [5, 5.41) is 0. The Morgan fingerprint density at radius 1 is 0.622 bits per heavy atom. The summed E-state index contributed by atoms with van der Waals surface area (Å²) in [7, 11) is 1.68. The van der Waals surface area contributed by atoms with E-state index in [1.165, 1.54) is 88.4 Å². The maximum Gasteiger partial charge on any atom is 0.410 e. The Bertz CT molecular complexity index is 535. The van der Waals surface area contributed by atoms with Crippen LogP contribution < -0.4 is 0 Å². The molecule has 7 nitrogen and oxygen atoms in total. The summed E-state index contributed by atoms with van der Waals surface area (Å²) in [6.07, 6.45) is 19.9. The van der Waals surface area contributed by atoms with Crippen molar-refractivity contribution in [3.63, 3.8) is 0 Å². The molecule has 0 N–H and O–H groups in total. The zero-order valence-corrected chi connectivity index (χ0v) is 25.0. The van der Waals surface area contributed by atoms with Crippen LogP contribution in [0.5, 0.6) is 0 Å². The molecule has 37 heavy (non-hydrogen) atoms. The van der Waals surface area contributed by atoms with Crippen LogP contribution in [0.2, 0.25) is 0 Å². The molecule has 220 valence electrons. The minimum Gasteiger partial charge on any atom is -0.463 e. The predicted molar refractivity (Wildman–Crippen MR) is 151 cm³/mol. The number of nitrogens with zero attached hydrogens (tertiary/aromatic N) is 1. The highest BCUT2D eigenvalue weighted by molar-refractivity contribution is 5.69. The number of amides is 1. The molecule has 0 aromatic rings. The van der Waals surface area contributed by atoms with Crippen molar-refractivity contribution in [2.24, 2.45) is 0 Å². The third-order valence-electron chi connectivity index (χ3n) is 6.12. The molecule has 1 amide bonds. The number of rotatable bonds is 25. The number of hydrogen-bond acceptors (Lipinski definition) is 6. The van der Waals surface area contributed by atoms with Gasteiger partial charge in [0.2, 0.25) is 0 Å². The summed E-state index contributed by atoms with van der Waals surface area (Å²) in [4.78, 5) is 25.1. The van der Waals surface area contributed by atoms with Gasteiger partial charge in [-0.05, 0) is 27.2 Å². The molecule has 0 aromatic heterocycles. The van der Waals surface area contributed by atoms with Crippen molar-refractivity contribution in [1.29, 1.82) is 0 Å². The SMILES string of the molecule is CCCCCCCCCCCCCCCCCC(=O)OCCOCCOCCN(C)C(=O)OC(C)(C)C. The van der Waals surface area contributed by atoms with Gasteiger partial charge < -0.3 is 23.8 Å². The highest BCUT2D eigenvalue weighted by Crippen LogP contribution is 2.14. The van der Waals surface area contributed by atoms with E-state index >= 15 is 0 Å². The van der Waals surface area contributed by atoms with Crippen molar-refractivity contribution in [2.75, 3.05) is 46.6 Å². The third-order valence-corrected chi connectivity index (χ3v) is 6.12. The van der Waals surface area contributed by atoms with Crippen LogP contribution in [0, 0.1) is 0 Å². The average molecular weight is 530 g/mol. The molecule has 0 spiro atoms. The Kier molecular flexibility index (Phi) is 24.1. The van der Waals surface area contributed by atoms with E-state index in [1.807, 2.05) is 20.8 Å². The minimum absolute atomic E-state index is 0.139. The van der Waals surface area contributed by atoms with E-state index in [-0.39, 0.29) is 18.7 Å². The first-order valence-electron chi connectivity index (χ1n) is 15.0. The fourth-order valence-electron chi connectivity index (χ4n) is 3.88. The molecule has 0 radical (unpaired) electrons. The molecule has 0 fully saturated rings. The van der Waals surface area contributed by atoms with Gasteiger partial charge in [-0.25, -0.2) is 4.79 Å². The summed E-state index contributed by atoms with van der Waals surface area (Å²) in [5.74, 6) is -0.139. The predicted octanol–water partition coefficient (Wildman–Crippen LogP) is 7.69. The highest BCUT2D eigenvalue weighted by atomic mass is 16.6. The maximum atomic E-state index is 11.8. The molecule has 0 saturated heterocycles. The van der Waals surface area contributed by atoms with E-state index in [9.17, 15) is 9.59 Å². The van der Waals surface area contributed by atoms with E-state index < -0.39 is 5.60 Å². The van der Waals surface area contributed by atoms with Crippen LogP contribution in [-0.2, 0) is 23.7 Å². The fourth-order valence-corrected chi connectivity index (χ4v) is 3.88. The lowest BCUT2D eigenvalue weighted by molar-refractivity contribution is -0.145. The maximum absolute atomic E-state index is 11.8. The lowest BCUT2D eigenvalue weighted by Gasteiger charge is -2.24. The van der Waals surface area contributed by atoms with Crippen LogP contribution in [0.4, 0.5) is 4.79 Å². The summed E-state index contributed by atoms with van der Waals surface area (Å²) >= 11 is 0. The second-order valence-corrected chi connectivity index (χ2v) is 11.0. The van der Waals surface area contributed by atoms with Gasteiger partial charge in [-0.3, -0.25) is 4.79 Å². The second-order valence-electron chi connectivity index (χ2n) is 11.0. The zero-order chi connectivity index (χ0) is 27.6. The number of unbranched alkanes of at least 4 members (excludes halogenated alkanes) is 14. The monoisotopic (exact) mass is 529 g/mol. The summed E-state index contributed by atoms with van der Waals surface area (Å²) in [6, 6.07) is 0. The van der Waals surface area contributed by atoms with Crippen molar-refractivity contribution in [3.05, 3.63) is 0 Å². The van der Waals surface area contributed by atoms with Crippen molar-refractivity contribution < 1.29 is 28.5 Å². The number of hydrogen-bond donors (Lipinski definition) is 0. The quantitative estimate of drug-likeness (QED) is 0.0891. The first kappa shape index (κ1) is 35.7. The van der Waals surface area contributed by atoms with E-state index in [2.05, 4.69) is 6.92 Å². The largest absolute Gasteiger partial charge is 0.463 e. The Balaban J connectivity index is 3.31. The van der Waals surface area contributed by atoms with E-state index in [0.717, 1.165) is 12.8 Å². The molecule has 0 bridgehead atoms. The number of carbonyl (C=O) groups excluding carboxylic acids is 2. The summed E-state index contributed by atoms with van der Waals surface area (Å²) in [6.45, 7) is 10.1. The number of ether oxygens (including phenoxy) is 4. The third kappa shape index (κ3) is 27.5. The average Bonchev–Trinajstić information content (AvgIpc) is 2.84. The van der Waals surface area contributed by atoms with Crippen molar-refractivity contribution in [1.82, 2.24) is 4.90 Å². The number of likely N-dealkylation sites (N-methyl/N-ethyl adjacent to an activating group) is 1. The standard InChI is InChI=1S/C30H59NO6/c1-6-7-8-9-10-11-12-13-14-15-16-17-18-19-20-21-28(32)36-27-26-35-25-24-34-23-22-31(5)29(33)37-30(2,3)4/h6-27H2,1-5H3. The summed E-state index contributed by atoms with van der Waals surface area (Å²) in [5.41, 5.74) is -0.505. The fraction of sp³-hybridized carbons (Fsp3) is 0.933. The topological polar surface area (TPSA) is 74.3 Å². The van der Waals surface area contributed by atoms with Crippen LogP contribution in [0.15, 0.2) is 0 Å². The smallest absolute Gasteiger partial charge is 0.410 e. The van der Waals surface area contributed by atoms with Crippen LogP contribution in [0.25, 0.3) is 0 Å². The van der Waals surface area contributed by atoms with Gasteiger partial charge in [0.1, 0.15) is 12.2 Å². The Hall–Kier alpha value is -1.34. The van der Waals surface area contributed by atoms with Gasteiger partial charge in [0, 0.05) is 20.0 Å². The van der Waals surface area contributed by atoms with Crippen LogP contribution in [0.3, 0.4) is 0 Å². The zero-order valence-electron chi connectivity index (χ0n) is 25.0. The van der Waals surface area contributed by atoms with Crippen LogP contribution >= 0.6 is 0 Å².